The highest BCUT2D eigenvalue weighted by molar-refractivity contribution is 5.97. The fourth-order valence-corrected chi connectivity index (χ4v) is 2.54. The number of carbonyl (C=O) groups is 2. The summed E-state index contributed by atoms with van der Waals surface area (Å²) in [4.78, 5) is 27.8. The van der Waals surface area contributed by atoms with Gasteiger partial charge in [-0.2, -0.15) is 0 Å². The number of esters is 1. The predicted octanol–water partition coefficient (Wildman–Crippen LogP) is 2.65. The van der Waals surface area contributed by atoms with Gasteiger partial charge >= 0.3 is 5.97 Å². The maximum absolute atomic E-state index is 12.2. The van der Waals surface area contributed by atoms with E-state index in [2.05, 4.69) is 25.1 Å². The average Bonchev–Trinajstić information content (AvgIpc) is 2.98. The van der Waals surface area contributed by atoms with Crippen LogP contribution in [0.5, 0.6) is 5.88 Å². The molecule has 0 aliphatic rings. The summed E-state index contributed by atoms with van der Waals surface area (Å²) < 4.78 is 5.96. The van der Waals surface area contributed by atoms with Crippen LogP contribution in [0.2, 0.25) is 0 Å². The Morgan fingerprint density at radius 3 is 2.71 bits per heavy atom. The van der Waals surface area contributed by atoms with E-state index < -0.39 is 11.9 Å². The number of rotatable bonds is 5. The number of aromatic hydroxyl groups is 1. The summed E-state index contributed by atoms with van der Waals surface area (Å²) in [5.41, 5.74) is 1.13. The Bertz CT molecular complexity index is 1090. The third kappa shape index (κ3) is 3.70. The highest BCUT2D eigenvalue weighted by Gasteiger charge is 2.19. The maximum atomic E-state index is 12.2. The minimum Gasteiger partial charge on any atom is -0.493 e. The third-order valence-electron chi connectivity index (χ3n) is 3.90. The molecule has 0 saturated heterocycles. The van der Waals surface area contributed by atoms with Gasteiger partial charge in [-0.05, 0) is 18.2 Å². The number of fused-ring (bicyclic) bond motifs is 1. The van der Waals surface area contributed by atoms with Gasteiger partial charge in [0, 0.05) is 11.6 Å². The zero-order chi connectivity index (χ0) is 20.1. The lowest BCUT2D eigenvalue weighted by Gasteiger charge is -2.04. The number of para-hydroxylation sites is 1. The first-order valence-corrected chi connectivity index (χ1v) is 8.01. The molecule has 0 aliphatic carbocycles. The van der Waals surface area contributed by atoms with Crippen molar-refractivity contribution in [1.82, 2.24) is 9.55 Å². The normalized spacial score (nSPS) is 11.5. The van der Waals surface area contributed by atoms with Gasteiger partial charge in [0.1, 0.15) is 6.54 Å². The summed E-state index contributed by atoms with van der Waals surface area (Å²) in [6, 6.07) is 9.78. The number of carbonyl (C=O) groups excluding carboxylic acids is 2. The lowest BCUT2D eigenvalue weighted by Crippen LogP contribution is -2.10. The second-order valence-electron chi connectivity index (χ2n) is 5.57. The summed E-state index contributed by atoms with van der Waals surface area (Å²) in [7, 11) is 1.25. The highest BCUT2D eigenvalue weighted by atomic mass is 16.5. The van der Waals surface area contributed by atoms with Crippen molar-refractivity contribution in [3.05, 3.63) is 53.9 Å². The van der Waals surface area contributed by atoms with Crippen molar-refractivity contribution in [3.8, 4) is 5.88 Å². The van der Waals surface area contributed by atoms with Gasteiger partial charge in [0.25, 0.3) is 5.91 Å². The highest BCUT2D eigenvalue weighted by Crippen LogP contribution is 2.38. The molecular weight excluding hydrogens is 366 g/mol. The Morgan fingerprint density at radius 2 is 2.04 bits per heavy atom. The number of azo groups is 1. The minimum atomic E-state index is -0.677. The average molecular weight is 381 g/mol. The number of amides is 1. The molecule has 10 nitrogen and oxygen atoms in total. The molecule has 0 unspecified atom stereocenters. The smallest absolute Gasteiger partial charge is 0.325 e. The molecule has 28 heavy (non-hydrogen) atoms. The lowest BCUT2D eigenvalue weighted by molar-refractivity contribution is -0.141. The molecule has 10 heteroatoms. The Hall–Kier alpha value is -4.08. The molecule has 3 rings (SSSR count). The molecular formula is C18H15N5O5. The van der Waals surface area contributed by atoms with Crippen LogP contribution >= 0.6 is 0 Å². The molecule has 1 amide bonds. The van der Waals surface area contributed by atoms with E-state index in [9.17, 15) is 14.7 Å². The summed E-state index contributed by atoms with van der Waals surface area (Å²) in [5.74, 6) is -1.53. The molecule has 2 N–H and O–H groups in total. The fraction of sp³-hybridized carbons (Fsp3) is 0.111. The maximum Gasteiger partial charge on any atom is 0.325 e. The molecule has 0 aliphatic heterocycles. The number of oxime groups is 1. The predicted molar refractivity (Wildman–Crippen MR) is 98.1 cm³/mol. The second-order valence-corrected chi connectivity index (χ2v) is 5.57. The molecule has 1 aromatic carbocycles. The Morgan fingerprint density at radius 1 is 1.25 bits per heavy atom. The molecule has 0 radical (unpaired) electrons. The van der Waals surface area contributed by atoms with E-state index in [0.29, 0.717) is 16.6 Å². The lowest BCUT2D eigenvalue weighted by atomic mass is 10.2. The van der Waals surface area contributed by atoms with E-state index in [1.54, 1.807) is 24.3 Å². The van der Waals surface area contributed by atoms with E-state index in [1.807, 2.05) is 0 Å². The monoisotopic (exact) mass is 381 g/mol. The van der Waals surface area contributed by atoms with Crippen molar-refractivity contribution >= 4 is 34.7 Å². The summed E-state index contributed by atoms with van der Waals surface area (Å²) in [6.07, 6.45) is 2.38. The number of hydrogen-bond donors (Lipinski definition) is 2. The largest absolute Gasteiger partial charge is 0.493 e. The number of pyridine rings is 1. The molecule has 2 heterocycles. The number of benzene rings is 1. The van der Waals surface area contributed by atoms with Crippen molar-refractivity contribution in [2.75, 3.05) is 7.11 Å². The minimum absolute atomic E-state index is 0.0600. The third-order valence-corrected chi connectivity index (χ3v) is 3.90. The van der Waals surface area contributed by atoms with Gasteiger partial charge in [0.05, 0.1) is 30.1 Å². The number of hydrogen-bond acceptors (Lipinski definition) is 8. The molecule has 0 spiro atoms. The summed E-state index contributed by atoms with van der Waals surface area (Å²) >= 11 is 0. The Kier molecular flexibility index (Phi) is 5.40. The van der Waals surface area contributed by atoms with Crippen LogP contribution < -0.4 is 0 Å². The Labute approximate surface area is 158 Å². The molecule has 0 saturated carbocycles. The van der Waals surface area contributed by atoms with Crippen molar-refractivity contribution in [1.29, 1.82) is 0 Å². The van der Waals surface area contributed by atoms with E-state index in [4.69, 9.17) is 5.21 Å². The van der Waals surface area contributed by atoms with Crippen LogP contribution in [-0.4, -0.2) is 45.1 Å². The van der Waals surface area contributed by atoms with E-state index in [0.717, 1.165) is 6.21 Å². The van der Waals surface area contributed by atoms with Crippen LogP contribution in [0, 0.1) is 0 Å². The van der Waals surface area contributed by atoms with Crippen molar-refractivity contribution in [3.63, 3.8) is 0 Å². The van der Waals surface area contributed by atoms with Gasteiger partial charge in [-0.25, -0.2) is 0 Å². The first-order chi connectivity index (χ1) is 13.5. The van der Waals surface area contributed by atoms with Crippen molar-refractivity contribution < 1.29 is 24.6 Å². The SMILES string of the molecule is COC(=O)Cn1c(O)c(N=NC(=O)c2ccc(/C=N/O)nc2)c2ccccc21. The topological polar surface area (TPSA) is 139 Å². The van der Waals surface area contributed by atoms with Crippen molar-refractivity contribution in [2.45, 2.75) is 6.54 Å². The van der Waals surface area contributed by atoms with Gasteiger partial charge in [-0.3, -0.25) is 19.1 Å². The van der Waals surface area contributed by atoms with Gasteiger partial charge in [-0.1, -0.05) is 23.4 Å². The molecule has 0 bridgehead atoms. The molecule has 2 aromatic heterocycles. The molecule has 0 fully saturated rings. The molecule has 142 valence electrons. The van der Waals surface area contributed by atoms with Crippen molar-refractivity contribution in [2.24, 2.45) is 15.4 Å². The first kappa shape index (κ1) is 18.7. The van der Waals surface area contributed by atoms with Crippen LogP contribution in [0.15, 0.2) is 58.0 Å². The van der Waals surface area contributed by atoms with Crippen LogP contribution in [0.25, 0.3) is 10.9 Å². The number of methoxy groups -OCH3 is 1. The summed E-state index contributed by atoms with van der Waals surface area (Å²) in [6.45, 7) is -0.218. The van der Waals surface area contributed by atoms with Gasteiger partial charge < -0.3 is 15.1 Å². The van der Waals surface area contributed by atoms with Crippen LogP contribution in [-0.2, 0) is 16.1 Å². The van der Waals surface area contributed by atoms with E-state index in [-0.39, 0.29) is 23.7 Å². The van der Waals surface area contributed by atoms with Crippen LogP contribution in [0.1, 0.15) is 16.1 Å². The summed E-state index contributed by atoms with van der Waals surface area (Å²) in [5, 5.41) is 29.8. The molecule has 0 atom stereocenters. The Balaban J connectivity index is 1.94. The van der Waals surface area contributed by atoms with E-state index >= 15 is 0 Å². The van der Waals surface area contributed by atoms with Gasteiger partial charge in [0.15, 0.2) is 5.69 Å². The second kappa shape index (κ2) is 8.08. The number of nitrogens with zero attached hydrogens (tertiary/aromatic N) is 5. The fourth-order valence-electron chi connectivity index (χ4n) is 2.54. The quantitative estimate of drug-likeness (QED) is 0.229. The van der Waals surface area contributed by atoms with Gasteiger partial charge in [0.2, 0.25) is 5.88 Å². The standard InChI is InChI=1S/C18H15N5O5/c1-28-15(24)10-23-14-5-3-2-4-13(14)16(18(23)26)21-22-17(25)11-6-7-12(9-20-27)19-8-11/h2-9,26-27H,10H2,1H3/b20-9+,22-21?. The number of ether oxygens (including phenoxy) is 1. The van der Waals surface area contributed by atoms with Crippen LogP contribution in [0.3, 0.4) is 0 Å². The van der Waals surface area contributed by atoms with Crippen LogP contribution in [0.4, 0.5) is 5.69 Å². The zero-order valence-corrected chi connectivity index (χ0v) is 14.7. The van der Waals surface area contributed by atoms with E-state index in [1.165, 1.54) is 30.0 Å². The first-order valence-electron chi connectivity index (χ1n) is 8.01. The zero-order valence-electron chi connectivity index (χ0n) is 14.7. The number of aromatic nitrogens is 2. The molecule has 3 aromatic rings. The van der Waals surface area contributed by atoms with Gasteiger partial charge in [-0.15, -0.1) is 10.2 Å².